The van der Waals surface area contributed by atoms with Crippen molar-refractivity contribution in [2.75, 3.05) is 26.2 Å². The second-order valence-electron chi connectivity index (χ2n) is 6.81. The minimum absolute atomic E-state index is 0.0177. The van der Waals surface area contributed by atoms with E-state index < -0.39 is 16.0 Å². The molecule has 2 heterocycles. The van der Waals surface area contributed by atoms with Crippen molar-refractivity contribution in [1.82, 2.24) is 9.21 Å². The summed E-state index contributed by atoms with van der Waals surface area (Å²) < 4.78 is 26.6. The highest BCUT2D eigenvalue weighted by molar-refractivity contribution is 7.91. The Bertz CT molecular complexity index is 804. The van der Waals surface area contributed by atoms with Crippen molar-refractivity contribution in [3.05, 3.63) is 17.0 Å². The average molecular weight is 370 g/mol. The fraction of sp³-hybridized carbons (Fsp3) is 0.600. The summed E-state index contributed by atoms with van der Waals surface area (Å²) in [6.45, 7) is 1.33. The van der Waals surface area contributed by atoms with Gasteiger partial charge in [-0.1, -0.05) is 0 Å². The number of sulfonamides is 1. The number of amides is 1. The van der Waals surface area contributed by atoms with Crippen molar-refractivity contribution in [3.8, 4) is 0 Å². The topological polar surface area (TPSA) is 95.0 Å². The molecule has 1 saturated heterocycles. The van der Waals surface area contributed by atoms with Gasteiger partial charge in [0.25, 0.3) is 10.0 Å². The van der Waals surface area contributed by atoms with E-state index in [1.807, 2.05) is 0 Å². The predicted molar refractivity (Wildman–Crippen MR) is 86.4 cm³/mol. The summed E-state index contributed by atoms with van der Waals surface area (Å²) in [5.41, 5.74) is 0.292. The van der Waals surface area contributed by atoms with Crippen LogP contribution in [0.1, 0.15) is 29.6 Å². The van der Waals surface area contributed by atoms with Crippen LogP contribution in [0.2, 0.25) is 0 Å². The number of rotatable bonds is 4. The van der Waals surface area contributed by atoms with Crippen molar-refractivity contribution in [2.24, 2.45) is 11.3 Å². The number of piperazine rings is 1. The molecule has 1 aliphatic heterocycles. The fourth-order valence-electron chi connectivity index (χ4n) is 3.47. The first kappa shape index (κ1) is 16.0. The molecule has 1 unspecified atom stereocenters. The van der Waals surface area contributed by atoms with Crippen LogP contribution in [-0.2, 0) is 14.8 Å². The Balaban J connectivity index is 1.41. The quantitative estimate of drug-likeness (QED) is 0.856. The minimum atomic E-state index is -3.69. The summed E-state index contributed by atoms with van der Waals surface area (Å²) >= 11 is 0.917. The van der Waals surface area contributed by atoms with Crippen molar-refractivity contribution in [3.63, 3.8) is 0 Å². The van der Waals surface area contributed by atoms with E-state index in [1.165, 1.54) is 15.8 Å². The van der Waals surface area contributed by atoms with Crippen LogP contribution < -0.4 is 0 Å². The standard InChI is InChI=1S/C15H18N2O5S2/c18-13(11-8-15(11)1-2-15)16-3-5-17(6-4-16)24(21,22)12-7-10(9-23-12)14(19)20/h7,9,11H,1-6,8H2,(H,19,20). The van der Waals surface area contributed by atoms with Crippen LogP contribution >= 0.6 is 11.3 Å². The first-order chi connectivity index (χ1) is 11.3. The highest BCUT2D eigenvalue weighted by Crippen LogP contribution is 2.70. The summed E-state index contributed by atoms with van der Waals surface area (Å²) in [6, 6.07) is 1.20. The molecular weight excluding hydrogens is 352 g/mol. The Morgan fingerprint density at radius 2 is 1.88 bits per heavy atom. The molecule has 0 aromatic carbocycles. The summed E-state index contributed by atoms with van der Waals surface area (Å²) in [4.78, 5) is 25.1. The lowest BCUT2D eigenvalue weighted by molar-refractivity contribution is -0.134. The number of aromatic carboxylic acids is 1. The maximum Gasteiger partial charge on any atom is 0.336 e. The van der Waals surface area contributed by atoms with Gasteiger partial charge in [-0.2, -0.15) is 4.31 Å². The van der Waals surface area contributed by atoms with Gasteiger partial charge in [0.2, 0.25) is 5.91 Å². The van der Waals surface area contributed by atoms with Gasteiger partial charge in [0.05, 0.1) is 5.56 Å². The van der Waals surface area contributed by atoms with Crippen molar-refractivity contribution >= 4 is 33.2 Å². The maximum absolute atomic E-state index is 12.6. The number of hydrogen-bond acceptors (Lipinski definition) is 5. The van der Waals surface area contributed by atoms with Crippen molar-refractivity contribution < 1.29 is 23.1 Å². The third kappa shape index (κ3) is 2.55. The van der Waals surface area contributed by atoms with E-state index in [1.54, 1.807) is 4.90 Å². The van der Waals surface area contributed by atoms with Gasteiger partial charge >= 0.3 is 5.97 Å². The van der Waals surface area contributed by atoms with E-state index in [2.05, 4.69) is 0 Å². The molecular formula is C15H18N2O5S2. The minimum Gasteiger partial charge on any atom is -0.478 e. The molecule has 1 aromatic rings. The first-order valence-corrected chi connectivity index (χ1v) is 10.3. The van der Waals surface area contributed by atoms with Gasteiger partial charge < -0.3 is 10.0 Å². The number of carbonyl (C=O) groups is 2. The van der Waals surface area contributed by atoms with E-state index in [4.69, 9.17) is 5.11 Å². The second-order valence-corrected chi connectivity index (χ2v) is 9.88. The van der Waals surface area contributed by atoms with Gasteiger partial charge in [-0.25, -0.2) is 13.2 Å². The molecule has 3 fully saturated rings. The second kappa shape index (κ2) is 5.27. The van der Waals surface area contributed by atoms with E-state index in [0.29, 0.717) is 18.5 Å². The summed E-state index contributed by atoms with van der Waals surface area (Å²) in [5.74, 6) is -0.800. The number of carbonyl (C=O) groups excluding carboxylic acids is 1. The Morgan fingerprint density at radius 3 is 2.38 bits per heavy atom. The summed E-state index contributed by atoms with van der Waals surface area (Å²) in [6.07, 6.45) is 3.31. The zero-order chi connectivity index (χ0) is 17.1. The highest BCUT2D eigenvalue weighted by Gasteiger charge is 2.66. The van der Waals surface area contributed by atoms with Gasteiger partial charge in [-0.3, -0.25) is 4.79 Å². The van der Waals surface area contributed by atoms with Crippen molar-refractivity contribution in [2.45, 2.75) is 23.5 Å². The van der Waals surface area contributed by atoms with Crippen LogP contribution in [0.25, 0.3) is 0 Å². The third-order valence-corrected chi connectivity index (χ3v) is 8.66. The molecule has 3 aliphatic rings. The number of nitrogens with zero attached hydrogens (tertiary/aromatic N) is 2. The molecule has 0 radical (unpaired) electrons. The molecule has 2 aliphatic carbocycles. The molecule has 1 atom stereocenters. The van der Waals surface area contributed by atoms with Crippen LogP contribution in [0.15, 0.2) is 15.7 Å². The molecule has 0 bridgehead atoms. The molecule has 9 heteroatoms. The van der Waals surface area contributed by atoms with E-state index in [-0.39, 0.29) is 34.7 Å². The van der Waals surface area contributed by atoms with E-state index >= 15 is 0 Å². The molecule has 1 N–H and O–H groups in total. The van der Waals surface area contributed by atoms with Gasteiger partial charge in [0, 0.05) is 37.5 Å². The van der Waals surface area contributed by atoms with Crippen LogP contribution in [0.3, 0.4) is 0 Å². The molecule has 7 nitrogen and oxygen atoms in total. The van der Waals surface area contributed by atoms with Gasteiger partial charge in [-0.05, 0) is 30.7 Å². The summed E-state index contributed by atoms with van der Waals surface area (Å²) in [7, 11) is -3.69. The fourth-order valence-corrected chi connectivity index (χ4v) is 6.20. The zero-order valence-corrected chi connectivity index (χ0v) is 14.6. The predicted octanol–water partition coefficient (Wildman–Crippen LogP) is 1.08. The molecule has 1 aromatic heterocycles. The van der Waals surface area contributed by atoms with Crippen LogP contribution in [0.5, 0.6) is 0 Å². The molecule has 1 spiro atoms. The largest absolute Gasteiger partial charge is 0.478 e. The first-order valence-electron chi connectivity index (χ1n) is 7.94. The SMILES string of the molecule is O=C(O)c1csc(S(=O)(=O)N2CCN(C(=O)C3CC34CC4)CC2)c1. The van der Waals surface area contributed by atoms with E-state index in [0.717, 1.165) is 30.6 Å². The molecule has 130 valence electrons. The van der Waals surface area contributed by atoms with Crippen LogP contribution in [0, 0.1) is 11.3 Å². The van der Waals surface area contributed by atoms with Crippen molar-refractivity contribution in [1.29, 1.82) is 0 Å². The van der Waals surface area contributed by atoms with E-state index in [9.17, 15) is 18.0 Å². The lowest BCUT2D eigenvalue weighted by Gasteiger charge is -2.34. The Kier molecular flexibility index (Phi) is 3.52. The lowest BCUT2D eigenvalue weighted by Crippen LogP contribution is -2.50. The summed E-state index contributed by atoms with van der Waals surface area (Å²) in [5, 5.41) is 10.3. The smallest absolute Gasteiger partial charge is 0.336 e. The Morgan fingerprint density at radius 1 is 1.21 bits per heavy atom. The Labute approximate surface area is 143 Å². The number of thiophene rings is 1. The normalized spacial score (nSPS) is 25.7. The molecule has 24 heavy (non-hydrogen) atoms. The average Bonchev–Trinajstić information content (AvgIpc) is 3.43. The lowest BCUT2D eigenvalue weighted by atomic mass is 10.2. The molecule has 1 amide bonds. The number of carboxylic acid groups (broad SMARTS) is 1. The molecule has 2 saturated carbocycles. The van der Waals surface area contributed by atoms with Gasteiger partial charge in [-0.15, -0.1) is 11.3 Å². The number of hydrogen-bond donors (Lipinski definition) is 1. The number of carboxylic acids is 1. The van der Waals surface area contributed by atoms with Gasteiger partial charge in [0.15, 0.2) is 0 Å². The Hall–Kier alpha value is -1.45. The van der Waals surface area contributed by atoms with Crippen LogP contribution in [0.4, 0.5) is 0 Å². The maximum atomic E-state index is 12.6. The van der Waals surface area contributed by atoms with Gasteiger partial charge in [0.1, 0.15) is 4.21 Å². The van der Waals surface area contributed by atoms with Crippen LogP contribution in [-0.4, -0.2) is 60.8 Å². The third-order valence-electron chi connectivity index (χ3n) is 5.35. The molecule has 4 rings (SSSR count). The highest BCUT2D eigenvalue weighted by atomic mass is 32.2. The monoisotopic (exact) mass is 370 g/mol. The zero-order valence-electron chi connectivity index (χ0n) is 13.0.